The number of aromatic amines is 1. The van der Waals surface area contributed by atoms with Crippen LogP contribution in [0.1, 0.15) is 35.5 Å². The summed E-state index contributed by atoms with van der Waals surface area (Å²) in [6, 6.07) is 11.3. The number of para-hydroxylation sites is 1. The van der Waals surface area contributed by atoms with Crippen LogP contribution in [-0.4, -0.2) is 69.3 Å². The van der Waals surface area contributed by atoms with Crippen molar-refractivity contribution >= 4 is 28.9 Å². The van der Waals surface area contributed by atoms with Gasteiger partial charge in [0, 0.05) is 44.2 Å². The Morgan fingerprint density at radius 1 is 1.21 bits per heavy atom. The minimum Gasteiger partial charge on any atom is -0.491 e. The molecule has 1 amide bonds. The lowest BCUT2D eigenvalue weighted by atomic mass is 10.0. The summed E-state index contributed by atoms with van der Waals surface area (Å²) in [4.78, 5) is 28.0. The number of Topliss-reactive ketones (excluding diaryl/α,β-unsaturated/α-hetero) is 1. The van der Waals surface area contributed by atoms with E-state index in [0.717, 1.165) is 16.5 Å². The van der Waals surface area contributed by atoms with Crippen molar-refractivity contribution in [2.24, 2.45) is 0 Å². The number of hydrogen-bond donors (Lipinski definition) is 2. The van der Waals surface area contributed by atoms with E-state index in [2.05, 4.69) is 15.1 Å². The molecule has 0 unspecified atom stereocenters. The first-order valence-corrected chi connectivity index (χ1v) is 11.3. The van der Waals surface area contributed by atoms with E-state index in [1.165, 1.54) is 4.90 Å². The predicted molar refractivity (Wildman–Crippen MR) is 126 cm³/mol. The van der Waals surface area contributed by atoms with Crippen LogP contribution >= 0.6 is 0 Å². The summed E-state index contributed by atoms with van der Waals surface area (Å²) in [6.45, 7) is 6.43. The molecule has 3 heterocycles. The Labute approximate surface area is 196 Å². The lowest BCUT2D eigenvalue weighted by molar-refractivity contribution is 0.101. The van der Waals surface area contributed by atoms with Gasteiger partial charge < -0.3 is 19.5 Å². The first kappa shape index (κ1) is 22.0. The van der Waals surface area contributed by atoms with Crippen LogP contribution in [0.3, 0.4) is 0 Å². The number of fused-ring (bicyclic) bond motifs is 2. The molecule has 9 nitrogen and oxygen atoms in total. The van der Waals surface area contributed by atoms with Crippen LogP contribution in [0.2, 0.25) is 0 Å². The van der Waals surface area contributed by atoms with Gasteiger partial charge in [-0.25, -0.2) is 4.79 Å². The van der Waals surface area contributed by atoms with Crippen molar-refractivity contribution in [3.8, 4) is 11.5 Å². The van der Waals surface area contributed by atoms with Gasteiger partial charge in [-0.1, -0.05) is 18.2 Å². The number of ether oxygens (including phenoxy) is 2. The largest absolute Gasteiger partial charge is 0.491 e. The SMILES string of the molecule is CC(C)Oc1ccc2c(c1CN1CCN(C(=O)O)CC1)OC(=Cc1n[nH]c3ccccc13)C2=O. The van der Waals surface area contributed by atoms with Gasteiger partial charge in [-0.05, 0) is 32.0 Å². The van der Waals surface area contributed by atoms with E-state index in [0.29, 0.717) is 55.5 Å². The summed E-state index contributed by atoms with van der Waals surface area (Å²) in [5.74, 6) is 1.17. The summed E-state index contributed by atoms with van der Waals surface area (Å²) in [5, 5.41) is 17.4. The summed E-state index contributed by atoms with van der Waals surface area (Å²) < 4.78 is 12.2. The van der Waals surface area contributed by atoms with Crippen molar-refractivity contribution in [3.05, 3.63) is 59.0 Å². The van der Waals surface area contributed by atoms with Gasteiger partial charge in [0.05, 0.1) is 28.4 Å². The van der Waals surface area contributed by atoms with E-state index in [4.69, 9.17) is 9.47 Å². The van der Waals surface area contributed by atoms with Gasteiger partial charge in [-0.15, -0.1) is 0 Å². The summed E-state index contributed by atoms with van der Waals surface area (Å²) in [6.07, 6.45) is 0.710. The third-order valence-corrected chi connectivity index (χ3v) is 6.05. The van der Waals surface area contributed by atoms with Gasteiger partial charge in [-0.2, -0.15) is 5.10 Å². The number of nitrogens with zero attached hydrogens (tertiary/aromatic N) is 3. The highest BCUT2D eigenvalue weighted by Crippen LogP contribution is 2.41. The summed E-state index contributed by atoms with van der Waals surface area (Å²) in [7, 11) is 0. The van der Waals surface area contributed by atoms with E-state index in [1.54, 1.807) is 12.1 Å². The highest BCUT2D eigenvalue weighted by atomic mass is 16.5. The minimum absolute atomic E-state index is 0.0526. The number of piperazine rings is 1. The van der Waals surface area contributed by atoms with Crippen LogP contribution in [0.15, 0.2) is 42.2 Å². The molecule has 5 rings (SSSR count). The van der Waals surface area contributed by atoms with Gasteiger partial charge in [0.25, 0.3) is 0 Å². The standard InChI is InChI=1S/C25H26N4O5/c1-15(2)33-21-8-7-17-23(30)22(13-20-16-5-3-4-6-19(16)26-27-20)34-24(17)18(21)14-28-9-11-29(12-10-28)25(31)32/h3-8,13,15H,9-12,14H2,1-2H3,(H,26,27)(H,31,32). The fourth-order valence-electron chi connectivity index (χ4n) is 4.34. The van der Waals surface area contributed by atoms with E-state index in [9.17, 15) is 14.7 Å². The molecule has 1 aromatic heterocycles. The maximum Gasteiger partial charge on any atom is 0.407 e. The molecule has 1 fully saturated rings. The molecule has 0 bridgehead atoms. The Bertz CT molecular complexity index is 1290. The molecule has 2 N–H and O–H groups in total. The number of allylic oxidation sites excluding steroid dienone is 1. The molecule has 2 aliphatic heterocycles. The average molecular weight is 463 g/mol. The third kappa shape index (κ3) is 4.10. The molecule has 2 aliphatic rings. The first-order chi connectivity index (χ1) is 16.4. The molecule has 0 radical (unpaired) electrons. The second-order valence-corrected chi connectivity index (χ2v) is 8.73. The number of carboxylic acid groups (broad SMARTS) is 1. The molecule has 0 atom stereocenters. The number of aromatic nitrogens is 2. The van der Waals surface area contributed by atoms with Gasteiger partial charge in [0.2, 0.25) is 5.78 Å². The average Bonchev–Trinajstić information content (AvgIpc) is 3.37. The first-order valence-electron chi connectivity index (χ1n) is 11.3. The topological polar surface area (TPSA) is 108 Å². The van der Waals surface area contributed by atoms with Gasteiger partial charge >= 0.3 is 6.09 Å². The number of benzene rings is 2. The number of hydrogen-bond acceptors (Lipinski definition) is 6. The number of ketones is 1. The van der Waals surface area contributed by atoms with Gasteiger partial charge in [0.1, 0.15) is 11.5 Å². The fraction of sp³-hybridized carbons (Fsp3) is 0.320. The van der Waals surface area contributed by atoms with E-state index < -0.39 is 6.09 Å². The molecule has 0 spiro atoms. The Morgan fingerprint density at radius 2 is 1.97 bits per heavy atom. The third-order valence-electron chi connectivity index (χ3n) is 6.05. The second-order valence-electron chi connectivity index (χ2n) is 8.73. The molecule has 9 heteroatoms. The number of carbonyl (C=O) groups is 2. The number of amides is 1. The fourth-order valence-corrected chi connectivity index (χ4v) is 4.34. The highest BCUT2D eigenvalue weighted by molar-refractivity contribution is 6.15. The summed E-state index contributed by atoms with van der Waals surface area (Å²) in [5.41, 5.74) is 2.79. The maximum absolute atomic E-state index is 13.2. The zero-order valence-corrected chi connectivity index (χ0v) is 19.1. The van der Waals surface area contributed by atoms with Crippen LogP contribution in [0.5, 0.6) is 11.5 Å². The number of nitrogens with one attached hydrogen (secondary N) is 1. The van der Waals surface area contributed by atoms with Gasteiger partial charge in [0.15, 0.2) is 5.76 Å². The zero-order chi connectivity index (χ0) is 23.8. The maximum atomic E-state index is 13.2. The number of H-pyrrole nitrogens is 1. The Kier molecular flexibility index (Phi) is 5.70. The van der Waals surface area contributed by atoms with Crippen LogP contribution < -0.4 is 9.47 Å². The Morgan fingerprint density at radius 3 is 2.71 bits per heavy atom. The smallest absolute Gasteiger partial charge is 0.407 e. The summed E-state index contributed by atoms with van der Waals surface area (Å²) >= 11 is 0. The monoisotopic (exact) mass is 462 g/mol. The van der Waals surface area contributed by atoms with E-state index in [1.807, 2.05) is 44.2 Å². The Balaban J connectivity index is 1.47. The number of carbonyl (C=O) groups excluding carboxylic acids is 1. The molecule has 34 heavy (non-hydrogen) atoms. The Hall–Kier alpha value is -3.85. The van der Waals surface area contributed by atoms with Gasteiger partial charge in [-0.3, -0.25) is 14.8 Å². The molecular formula is C25H26N4O5. The normalized spacial score (nSPS) is 17.4. The lowest BCUT2D eigenvalue weighted by Gasteiger charge is -2.33. The van der Waals surface area contributed by atoms with E-state index >= 15 is 0 Å². The van der Waals surface area contributed by atoms with Crippen molar-refractivity contribution < 1.29 is 24.2 Å². The van der Waals surface area contributed by atoms with Crippen molar-refractivity contribution in [2.45, 2.75) is 26.5 Å². The zero-order valence-electron chi connectivity index (χ0n) is 19.1. The van der Waals surface area contributed by atoms with Crippen molar-refractivity contribution in [2.75, 3.05) is 26.2 Å². The molecular weight excluding hydrogens is 436 g/mol. The molecule has 3 aromatic rings. The quantitative estimate of drug-likeness (QED) is 0.556. The van der Waals surface area contributed by atoms with E-state index in [-0.39, 0.29) is 17.6 Å². The van der Waals surface area contributed by atoms with Crippen LogP contribution in [0.25, 0.3) is 17.0 Å². The predicted octanol–water partition coefficient (Wildman–Crippen LogP) is 3.76. The minimum atomic E-state index is -0.904. The molecule has 0 saturated carbocycles. The molecule has 0 aliphatic carbocycles. The van der Waals surface area contributed by atoms with Crippen molar-refractivity contribution in [1.29, 1.82) is 0 Å². The van der Waals surface area contributed by atoms with Crippen LogP contribution in [-0.2, 0) is 6.54 Å². The van der Waals surface area contributed by atoms with Crippen molar-refractivity contribution in [3.63, 3.8) is 0 Å². The molecule has 1 saturated heterocycles. The molecule has 176 valence electrons. The van der Waals surface area contributed by atoms with Crippen molar-refractivity contribution in [1.82, 2.24) is 20.0 Å². The second kappa shape index (κ2) is 8.83. The molecule has 2 aromatic carbocycles. The number of rotatable bonds is 5. The van der Waals surface area contributed by atoms with Crippen LogP contribution in [0.4, 0.5) is 4.79 Å². The van der Waals surface area contributed by atoms with Crippen LogP contribution in [0, 0.1) is 0 Å². The lowest BCUT2D eigenvalue weighted by Crippen LogP contribution is -2.47. The highest BCUT2D eigenvalue weighted by Gasteiger charge is 2.33.